The smallest absolute Gasteiger partial charge is 0.337 e. The van der Waals surface area contributed by atoms with Crippen molar-refractivity contribution < 1.29 is 17.6 Å². The molecule has 0 aliphatic carbocycles. The van der Waals surface area contributed by atoms with Crippen LogP contribution in [0, 0.1) is 0 Å². The number of aryl methyl sites for hydroxylation is 1. The number of nitrogens with one attached hydrogen (secondary N) is 1. The summed E-state index contributed by atoms with van der Waals surface area (Å²) in [6, 6.07) is 1.14. The number of fused-ring (bicyclic) bond motifs is 1. The van der Waals surface area contributed by atoms with Gasteiger partial charge >= 0.3 is 5.63 Å². The van der Waals surface area contributed by atoms with Crippen LogP contribution in [0.4, 0.5) is 13.2 Å². The number of aromatic amines is 1. The zero-order chi connectivity index (χ0) is 17.4. The number of halogens is 3. The lowest BCUT2D eigenvalue weighted by Gasteiger charge is -2.05. The van der Waals surface area contributed by atoms with Gasteiger partial charge in [0.1, 0.15) is 5.39 Å². The zero-order valence-electron chi connectivity index (χ0n) is 13.0. The molecule has 0 fully saturated rings. The van der Waals surface area contributed by atoms with Crippen molar-refractivity contribution in [1.29, 1.82) is 0 Å². The van der Waals surface area contributed by atoms with Gasteiger partial charge < -0.3 is 9.40 Å². The Bertz CT molecular complexity index is 741. The van der Waals surface area contributed by atoms with Crippen molar-refractivity contribution in [3.05, 3.63) is 38.2 Å². The van der Waals surface area contributed by atoms with E-state index < -0.39 is 35.8 Å². The molecule has 0 radical (unpaired) electrons. The van der Waals surface area contributed by atoms with E-state index in [1.54, 1.807) is 0 Å². The van der Waals surface area contributed by atoms with Crippen LogP contribution in [0.2, 0.25) is 0 Å². The van der Waals surface area contributed by atoms with Gasteiger partial charge in [-0.15, -0.1) is 0 Å². The first kappa shape index (κ1) is 18.9. The Hall–Kier alpha value is -2.12. The van der Waals surface area contributed by atoms with Crippen LogP contribution < -0.4 is 11.2 Å². The number of rotatable bonds is 6. The molecule has 0 aliphatic rings. The summed E-state index contributed by atoms with van der Waals surface area (Å²) in [6.07, 6.45) is -1.07. The fourth-order valence-corrected chi connectivity index (χ4v) is 2.05. The number of hydrogen-bond donors (Lipinski definition) is 1. The maximum absolute atomic E-state index is 12.6. The molecule has 5 nitrogen and oxygen atoms in total. The monoisotopic (exact) mass is 332 g/mol. The van der Waals surface area contributed by atoms with Gasteiger partial charge in [-0.05, 0) is 24.8 Å². The molecule has 2 rings (SSSR count). The summed E-state index contributed by atoms with van der Waals surface area (Å²) < 4.78 is 41.9. The number of hydrogen-bond acceptors (Lipinski definition) is 4. The molecule has 0 amide bonds. The highest BCUT2D eigenvalue weighted by Crippen LogP contribution is 2.18. The van der Waals surface area contributed by atoms with E-state index in [0.29, 0.717) is 31.2 Å². The third kappa shape index (κ3) is 4.94. The van der Waals surface area contributed by atoms with Crippen LogP contribution in [0.5, 0.6) is 0 Å². The standard InChI is InChI=1S/C13H13F3N2O3.C2H6/c14-5-3-1-2-4-7-6-8(19)21-13-9(7)12(20)17-11(18-13)10(15)16;1-2/h6,10H,1-5H2,(H,17,18,20);1-2H3. The molecule has 1 N–H and O–H groups in total. The summed E-state index contributed by atoms with van der Waals surface area (Å²) in [6.45, 7) is 3.57. The first-order valence-electron chi connectivity index (χ1n) is 7.44. The van der Waals surface area contributed by atoms with Gasteiger partial charge in [0.25, 0.3) is 12.0 Å². The van der Waals surface area contributed by atoms with E-state index >= 15 is 0 Å². The molecule has 0 bridgehead atoms. The van der Waals surface area contributed by atoms with Crippen molar-refractivity contribution >= 4 is 11.1 Å². The highest BCUT2D eigenvalue weighted by molar-refractivity contribution is 5.75. The lowest BCUT2D eigenvalue weighted by atomic mass is 10.1. The van der Waals surface area contributed by atoms with E-state index in [9.17, 15) is 22.8 Å². The van der Waals surface area contributed by atoms with Crippen LogP contribution in [0.3, 0.4) is 0 Å². The van der Waals surface area contributed by atoms with Gasteiger partial charge in [-0.3, -0.25) is 9.18 Å². The molecule has 2 aromatic rings. The molecule has 0 spiro atoms. The normalized spacial score (nSPS) is 10.7. The van der Waals surface area contributed by atoms with Crippen LogP contribution >= 0.6 is 0 Å². The molecule has 0 saturated heterocycles. The number of nitrogens with zero attached hydrogens (tertiary/aromatic N) is 1. The number of alkyl halides is 3. The van der Waals surface area contributed by atoms with E-state index in [2.05, 4.69) is 4.98 Å². The van der Waals surface area contributed by atoms with E-state index in [1.807, 2.05) is 18.8 Å². The van der Waals surface area contributed by atoms with Crippen molar-refractivity contribution in [2.24, 2.45) is 0 Å². The second kappa shape index (κ2) is 9.12. The Morgan fingerprint density at radius 3 is 2.52 bits per heavy atom. The van der Waals surface area contributed by atoms with Gasteiger partial charge in [0.05, 0.1) is 6.67 Å². The Morgan fingerprint density at radius 1 is 1.22 bits per heavy atom. The molecule has 0 atom stereocenters. The van der Waals surface area contributed by atoms with Gasteiger partial charge in [0.2, 0.25) is 5.71 Å². The van der Waals surface area contributed by atoms with E-state index in [1.165, 1.54) is 0 Å². The SMILES string of the molecule is CC.O=c1cc(CCCCCF)c2c(=O)[nH]c(C(F)F)nc2o1. The van der Waals surface area contributed by atoms with E-state index in [0.717, 1.165) is 6.07 Å². The molecule has 128 valence electrons. The van der Waals surface area contributed by atoms with Gasteiger partial charge in [-0.25, -0.2) is 13.6 Å². The van der Waals surface area contributed by atoms with Gasteiger partial charge in [0.15, 0.2) is 5.82 Å². The second-order valence-electron chi connectivity index (χ2n) is 4.52. The van der Waals surface area contributed by atoms with Crippen molar-refractivity contribution in [2.45, 2.75) is 46.0 Å². The molecule has 2 aromatic heterocycles. The van der Waals surface area contributed by atoms with Gasteiger partial charge in [-0.2, -0.15) is 4.98 Å². The Balaban J connectivity index is 0.00000127. The van der Waals surface area contributed by atoms with Crippen LogP contribution in [0.1, 0.15) is 50.9 Å². The number of aromatic nitrogens is 2. The van der Waals surface area contributed by atoms with Crippen LogP contribution in [0.25, 0.3) is 11.1 Å². The zero-order valence-corrected chi connectivity index (χ0v) is 13.0. The molecular weight excluding hydrogens is 313 g/mol. The molecule has 2 heterocycles. The predicted octanol–water partition coefficient (Wildman–Crippen LogP) is 3.52. The molecule has 8 heteroatoms. The summed E-state index contributed by atoms with van der Waals surface area (Å²) in [4.78, 5) is 28.7. The lowest BCUT2D eigenvalue weighted by Crippen LogP contribution is -2.16. The van der Waals surface area contributed by atoms with E-state index in [4.69, 9.17) is 4.42 Å². The lowest BCUT2D eigenvalue weighted by molar-refractivity contribution is 0.140. The minimum Gasteiger partial charge on any atom is -0.403 e. The average Bonchev–Trinajstić information content (AvgIpc) is 2.52. The highest BCUT2D eigenvalue weighted by atomic mass is 19.3. The fourth-order valence-electron chi connectivity index (χ4n) is 2.05. The largest absolute Gasteiger partial charge is 0.403 e. The quantitative estimate of drug-likeness (QED) is 0.821. The van der Waals surface area contributed by atoms with E-state index in [-0.39, 0.29) is 5.39 Å². The number of unbranched alkanes of at least 4 members (excludes halogenated alkanes) is 2. The summed E-state index contributed by atoms with van der Waals surface area (Å²) in [5.74, 6) is -0.842. The van der Waals surface area contributed by atoms with Crippen molar-refractivity contribution in [2.75, 3.05) is 6.67 Å². The molecule has 0 aliphatic heterocycles. The molecular formula is C15H19F3N2O3. The van der Waals surface area contributed by atoms with Crippen molar-refractivity contribution in [1.82, 2.24) is 9.97 Å². The molecule has 23 heavy (non-hydrogen) atoms. The summed E-state index contributed by atoms with van der Waals surface area (Å²) in [7, 11) is 0. The topological polar surface area (TPSA) is 76.0 Å². The van der Waals surface area contributed by atoms with Crippen LogP contribution in [0.15, 0.2) is 20.1 Å². The predicted molar refractivity (Wildman–Crippen MR) is 80.7 cm³/mol. The van der Waals surface area contributed by atoms with Crippen molar-refractivity contribution in [3.8, 4) is 0 Å². The average molecular weight is 332 g/mol. The molecule has 0 saturated carbocycles. The Labute approximate surface area is 130 Å². The first-order chi connectivity index (χ1) is 11.0. The van der Waals surface area contributed by atoms with Crippen molar-refractivity contribution in [3.63, 3.8) is 0 Å². The molecule has 0 unspecified atom stereocenters. The summed E-state index contributed by atoms with van der Waals surface area (Å²) in [5, 5.41) is -0.0146. The van der Waals surface area contributed by atoms with Gasteiger partial charge in [-0.1, -0.05) is 20.3 Å². The minimum absolute atomic E-state index is 0.0146. The fraction of sp³-hybridized carbons (Fsp3) is 0.533. The third-order valence-corrected chi connectivity index (χ3v) is 3.00. The third-order valence-electron chi connectivity index (χ3n) is 3.00. The summed E-state index contributed by atoms with van der Waals surface area (Å²) in [5.41, 5.74) is -1.57. The molecule has 0 aromatic carbocycles. The Morgan fingerprint density at radius 2 is 1.91 bits per heavy atom. The summed E-state index contributed by atoms with van der Waals surface area (Å²) >= 11 is 0. The van der Waals surface area contributed by atoms with Crippen LogP contribution in [-0.4, -0.2) is 16.6 Å². The van der Waals surface area contributed by atoms with Crippen LogP contribution in [-0.2, 0) is 6.42 Å². The Kier molecular flexibility index (Phi) is 7.50. The maximum Gasteiger partial charge on any atom is 0.337 e. The highest BCUT2D eigenvalue weighted by Gasteiger charge is 2.16. The first-order valence-corrected chi connectivity index (χ1v) is 7.44. The maximum atomic E-state index is 12.6. The minimum atomic E-state index is -2.97. The van der Waals surface area contributed by atoms with Gasteiger partial charge in [0, 0.05) is 6.07 Å². The second-order valence-corrected chi connectivity index (χ2v) is 4.52. The number of H-pyrrole nitrogens is 1.